The number of benzene rings is 2. The third kappa shape index (κ3) is 1.91. The summed E-state index contributed by atoms with van der Waals surface area (Å²) in [5, 5.41) is 3.02. The first-order chi connectivity index (χ1) is 11.1. The van der Waals surface area contributed by atoms with Gasteiger partial charge in [0.1, 0.15) is 5.41 Å². The molecule has 4 nitrogen and oxygen atoms in total. The third-order valence-corrected chi connectivity index (χ3v) is 5.15. The van der Waals surface area contributed by atoms with Crippen LogP contribution in [0.5, 0.6) is 0 Å². The molecule has 4 rings (SSSR count). The van der Waals surface area contributed by atoms with E-state index in [2.05, 4.69) is 5.32 Å². The first-order valence-corrected chi connectivity index (χ1v) is 7.83. The largest absolute Gasteiger partial charge is 0.344 e. The number of fused-ring (bicyclic) bond motifs is 2. The van der Waals surface area contributed by atoms with E-state index in [1.165, 1.54) is 0 Å². The molecule has 2 unspecified atom stereocenters. The van der Waals surface area contributed by atoms with Gasteiger partial charge in [-0.3, -0.25) is 9.59 Å². The van der Waals surface area contributed by atoms with Gasteiger partial charge in [-0.25, -0.2) is 0 Å². The van der Waals surface area contributed by atoms with E-state index in [9.17, 15) is 9.59 Å². The minimum atomic E-state index is -0.708. The van der Waals surface area contributed by atoms with Crippen molar-refractivity contribution in [3.63, 3.8) is 0 Å². The third-order valence-electron chi connectivity index (χ3n) is 5.15. The van der Waals surface area contributed by atoms with E-state index >= 15 is 0 Å². The number of para-hydroxylation sites is 1. The van der Waals surface area contributed by atoms with Gasteiger partial charge < -0.3 is 10.2 Å². The number of rotatable bonds is 1. The van der Waals surface area contributed by atoms with Gasteiger partial charge in [-0.1, -0.05) is 48.5 Å². The van der Waals surface area contributed by atoms with E-state index < -0.39 is 5.41 Å². The van der Waals surface area contributed by atoms with E-state index in [0.29, 0.717) is 13.0 Å². The van der Waals surface area contributed by atoms with Crippen molar-refractivity contribution in [2.24, 2.45) is 0 Å². The van der Waals surface area contributed by atoms with Crippen LogP contribution in [0.4, 0.5) is 5.69 Å². The van der Waals surface area contributed by atoms with Gasteiger partial charge in [-0.05, 0) is 17.2 Å². The van der Waals surface area contributed by atoms with E-state index in [-0.39, 0.29) is 17.7 Å². The van der Waals surface area contributed by atoms with E-state index in [0.717, 1.165) is 16.8 Å². The van der Waals surface area contributed by atoms with Crippen LogP contribution in [-0.4, -0.2) is 30.3 Å². The van der Waals surface area contributed by atoms with Gasteiger partial charge >= 0.3 is 0 Å². The summed E-state index contributed by atoms with van der Waals surface area (Å²) in [6, 6.07) is 17.7. The van der Waals surface area contributed by atoms with E-state index in [1.54, 1.807) is 11.9 Å². The quantitative estimate of drug-likeness (QED) is 0.880. The van der Waals surface area contributed by atoms with Crippen LogP contribution >= 0.6 is 0 Å². The summed E-state index contributed by atoms with van der Waals surface area (Å²) in [5.74, 6) is -0.0652. The highest BCUT2D eigenvalue weighted by molar-refractivity contribution is 6.08. The summed E-state index contributed by atoms with van der Waals surface area (Å²) in [6.07, 6.45) is 0.349. The number of piperidine rings is 1. The van der Waals surface area contributed by atoms with Crippen molar-refractivity contribution in [1.82, 2.24) is 4.90 Å². The van der Waals surface area contributed by atoms with Crippen molar-refractivity contribution >= 4 is 17.5 Å². The van der Waals surface area contributed by atoms with Gasteiger partial charge in [0.25, 0.3) is 0 Å². The fourth-order valence-corrected chi connectivity index (χ4v) is 4.01. The van der Waals surface area contributed by atoms with E-state index in [1.807, 2.05) is 54.6 Å². The summed E-state index contributed by atoms with van der Waals surface area (Å²) in [4.78, 5) is 27.0. The lowest BCUT2D eigenvalue weighted by Gasteiger charge is -2.43. The Balaban J connectivity index is 1.93. The molecule has 0 radical (unpaired) electrons. The molecule has 4 heteroatoms. The van der Waals surface area contributed by atoms with Gasteiger partial charge in [-0.2, -0.15) is 0 Å². The molecule has 2 aromatic rings. The van der Waals surface area contributed by atoms with Crippen molar-refractivity contribution in [1.29, 1.82) is 0 Å². The number of likely N-dealkylation sites (N-methyl/N-ethyl adjacent to an activating group) is 1. The zero-order chi connectivity index (χ0) is 16.0. The Morgan fingerprint density at radius 1 is 1.04 bits per heavy atom. The van der Waals surface area contributed by atoms with Gasteiger partial charge in [-0.15, -0.1) is 0 Å². The number of anilines is 1. The van der Waals surface area contributed by atoms with Gasteiger partial charge in [0.05, 0.1) is 0 Å². The monoisotopic (exact) mass is 306 g/mol. The Kier molecular flexibility index (Phi) is 3.01. The summed E-state index contributed by atoms with van der Waals surface area (Å²) >= 11 is 0. The van der Waals surface area contributed by atoms with Crippen LogP contribution in [-0.2, 0) is 15.0 Å². The maximum Gasteiger partial charge on any atom is 0.237 e. The number of amides is 2. The molecule has 116 valence electrons. The number of carbonyl (C=O) groups is 2. The summed E-state index contributed by atoms with van der Waals surface area (Å²) in [5.41, 5.74) is 2.20. The van der Waals surface area contributed by atoms with Crippen molar-refractivity contribution in [3.05, 3.63) is 65.7 Å². The fourth-order valence-electron chi connectivity index (χ4n) is 4.01. The lowest BCUT2D eigenvalue weighted by Crippen LogP contribution is -2.55. The molecule has 23 heavy (non-hydrogen) atoms. The first-order valence-electron chi connectivity index (χ1n) is 7.83. The Labute approximate surface area is 135 Å². The average Bonchev–Trinajstić information content (AvgIpc) is 2.84. The molecule has 0 bridgehead atoms. The number of hydrogen-bond acceptors (Lipinski definition) is 2. The highest BCUT2D eigenvalue weighted by Crippen LogP contribution is 2.51. The Morgan fingerprint density at radius 3 is 2.52 bits per heavy atom. The van der Waals surface area contributed by atoms with Gasteiger partial charge in [0, 0.05) is 31.6 Å². The Morgan fingerprint density at radius 2 is 1.74 bits per heavy atom. The second-order valence-electron chi connectivity index (χ2n) is 6.39. The molecule has 2 heterocycles. The van der Waals surface area contributed by atoms with Crippen LogP contribution in [0.3, 0.4) is 0 Å². The fraction of sp³-hybridized carbons (Fsp3) is 0.263. The summed E-state index contributed by atoms with van der Waals surface area (Å²) < 4.78 is 0. The number of hydrogen-bond donors (Lipinski definition) is 1. The van der Waals surface area contributed by atoms with Crippen molar-refractivity contribution < 1.29 is 9.59 Å². The van der Waals surface area contributed by atoms with Crippen molar-refractivity contribution in [2.75, 3.05) is 18.9 Å². The maximum atomic E-state index is 13.0. The number of carbonyl (C=O) groups excluding carboxylic acids is 2. The van der Waals surface area contributed by atoms with Crippen LogP contribution < -0.4 is 5.32 Å². The predicted molar refractivity (Wildman–Crippen MR) is 88.2 cm³/mol. The molecule has 0 aliphatic carbocycles. The maximum absolute atomic E-state index is 13.0. The molecule has 2 aromatic carbocycles. The number of nitrogens with zero attached hydrogens (tertiary/aromatic N) is 1. The minimum Gasteiger partial charge on any atom is -0.344 e. The highest BCUT2D eigenvalue weighted by atomic mass is 16.2. The first kappa shape index (κ1) is 14.0. The number of likely N-dealkylation sites (tertiary alicyclic amines) is 1. The molecule has 2 amide bonds. The average molecular weight is 306 g/mol. The molecule has 1 saturated heterocycles. The van der Waals surface area contributed by atoms with Crippen LogP contribution in [0.1, 0.15) is 23.5 Å². The van der Waals surface area contributed by atoms with Gasteiger partial charge in [0.15, 0.2) is 0 Å². The standard InChI is InChI=1S/C19H18N2O2/c1-21-12-19(14-9-5-6-10-16(14)20-18(19)23)15(11-17(21)22)13-7-3-2-4-8-13/h2-10,15H,11-12H2,1H3,(H,20,23). The molecule has 0 saturated carbocycles. The lowest BCUT2D eigenvalue weighted by atomic mass is 9.64. The summed E-state index contributed by atoms with van der Waals surface area (Å²) in [6.45, 7) is 0.411. The van der Waals surface area contributed by atoms with Crippen LogP contribution in [0.15, 0.2) is 54.6 Å². The normalized spacial score (nSPS) is 26.3. The molecule has 1 N–H and O–H groups in total. The predicted octanol–water partition coefficient (Wildman–Crippen LogP) is 2.52. The lowest BCUT2D eigenvalue weighted by molar-refractivity contribution is -0.138. The molecular weight excluding hydrogens is 288 g/mol. The molecule has 2 aliphatic heterocycles. The molecule has 1 fully saturated rings. The van der Waals surface area contributed by atoms with Crippen LogP contribution in [0, 0.1) is 0 Å². The zero-order valence-electron chi connectivity index (χ0n) is 13.0. The van der Waals surface area contributed by atoms with Crippen LogP contribution in [0.25, 0.3) is 0 Å². The second kappa shape index (κ2) is 4.95. The highest BCUT2D eigenvalue weighted by Gasteiger charge is 2.56. The molecule has 0 aromatic heterocycles. The van der Waals surface area contributed by atoms with Crippen LogP contribution in [0.2, 0.25) is 0 Å². The smallest absolute Gasteiger partial charge is 0.237 e. The zero-order valence-corrected chi connectivity index (χ0v) is 13.0. The minimum absolute atomic E-state index is 0.00750. The number of nitrogens with one attached hydrogen (secondary N) is 1. The molecule has 2 aliphatic rings. The Bertz CT molecular complexity index is 787. The Hall–Kier alpha value is -2.62. The molecular formula is C19H18N2O2. The summed E-state index contributed by atoms with van der Waals surface area (Å²) in [7, 11) is 1.78. The SMILES string of the molecule is CN1CC2(C(=O)Nc3ccccc32)C(c2ccccc2)CC1=O. The van der Waals surface area contributed by atoms with Gasteiger partial charge in [0.2, 0.25) is 11.8 Å². The topological polar surface area (TPSA) is 49.4 Å². The molecule has 2 atom stereocenters. The molecule has 1 spiro atoms. The second-order valence-corrected chi connectivity index (χ2v) is 6.39. The van der Waals surface area contributed by atoms with E-state index in [4.69, 9.17) is 0 Å². The van der Waals surface area contributed by atoms with Crippen molar-refractivity contribution in [3.8, 4) is 0 Å². The van der Waals surface area contributed by atoms with Crippen molar-refractivity contribution in [2.45, 2.75) is 17.8 Å².